The van der Waals surface area contributed by atoms with Gasteiger partial charge in [0.25, 0.3) is 0 Å². The predicted molar refractivity (Wildman–Crippen MR) is 111 cm³/mol. The van der Waals surface area contributed by atoms with Crippen LogP contribution in [-0.4, -0.2) is 42.0 Å². The minimum atomic E-state index is -0.246. The van der Waals surface area contributed by atoms with Gasteiger partial charge in [-0.1, -0.05) is 42.5 Å². The van der Waals surface area contributed by atoms with Gasteiger partial charge in [0.2, 0.25) is 5.91 Å². The van der Waals surface area contributed by atoms with Gasteiger partial charge in [0.1, 0.15) is 5.82 Å². The SMILES string of the molecule is O=C(CCc1ccc(F)cc1)N1CCN(c2nc(-c3ccccc3)cs2)CC1. The van der Waals surface area contributed by atoms with Crippen LogP contribution in [0.4, 0.5) is 9.52 Å². The maximum atomic E-state index is 13.0. The van der Waals surface area contributed by atoms with E-state index >= 15 is 0 Å². The van der Waals surface area contributed by atoms with Crippen molar-refractivity contribution in [1.82, 2.24) is 9.88 Å². The minimum absolute atomic E-state index is 0.160. The van der Waals surface area contributed by atoms with Gasteiger partial charge < -0.3 is 9.80 Å². The smallest absolute Gasteiger partial charge is 0.223 e. The van der Waals surface area contributed by atoms with Gasteiger partial charge in [-0.05, 0) is 24.1 Å². The molecule has 6 heteroatoms. The van der Waals surface area contributed by atoms with E-state index in [2.05, 4.69) is 22.4 Å². The summed E-state index contributed by atoms with van der Waals surface area (Å²) in [5.41, 5.74) is 3.11. The standard InChI is InChI=1S/C22H22FN3OS/c23-19-9-6-17(7-10-19)8-11-21(27)25-12-14-26(15-13-25)22-24-20(16-28-22)18-4-2-1-3-5-18/h1-7,9-10,16H,8,11-15H2. The van der Waals surface area contributed by atoms with Gasteiger partial charge in [-0.3, -0.25) is 4.79 Å². The molecular weight excluding hydrogens is 373 g/mol. The molecule has 1 aliphatic rings. The first-order chi connectivity index (χ1) is 13.7. The van der Waals surface area contributed by atoms with Gasteiger partial charge in [-0.15, -0.1) is 11.3 Å². The first kappa shape index (κ1) is 18.6. The van der Waals surface area contributed by atoms with E-state index in [9.17, 15) is 9.18 Å². The molecule has 0 atom stereocenters. The van der Waals surface area contributed by atoms with E-state index in [1.165, 1.54) is 12.1 Å². The summed E-state index contributed by atoms with van der Waals surface area (Å²) in [5.74, 6) is -0.0862. The topological polar surface area (TPSA) is 36.4 Å². The lowest BCUT2D eigenvalue weighted by Gasteiger charge is -2.34. The number of nitrogens with zero attached hydrogens (tertiary/aromatic N) is 3. The zero-order valence-electron chi connectivity index (χ0n) is 15.6. The number of aromatic nitrogens is 1. The molecule has 1 aliphatic heterocycles. The summed E-state index contributed by atoms with van der Waals surface area (Å²) < 4.78 is 13.0. The molecule has 0 N–H and O–H groups in total. The van der Waals surface area contributed by atoms with Crippen LogP contribution in [0.15, 0.2) is 60.0 Å². The summed E-state index contributed by atoms with van der Waals surface area (Å²) in [6, 6.07) is 16.5. The van der Waals surface area contributed by atoms with Crippen LogP contribution >= 0.6 is 11.3 Å². The van der Waals surface area contributed by atoms with Crippen LogP contribution in [0.3, 0.4) is 0 Å². The van der Waals surface area contributed by atoms with E-state index < -0.39 is 0 Å². The molecule has 2 aromatic carbocycles. The minimum Gasteiger partial charge on any atom is -0.345 e. The summed E-state index contributed by atoms with van der Waals surface area (Å²) >= 11 is 1.65. The fourth-order valence-electron chi connectivity index (χ4n) is 3.36. The molecule has 4 rings (SSSR count). The first-order valence-electron chi connectivity index (χ1n) is 9.47. The van der Waals surface area contributed by atoms with Crippen LogP contribution in [0.5, 0.6) is 0 Å². The third-order valence-corrected chi connectivity index (χ3v) is 5.91. The number of halogens is 1. The van der Waals surface area contributed by atoms with E-state index in [1.54, 1.807) is 23.5 Å². The van der Waals surface area contributed by atoms with Crippen LogP contribution in [0, 0.1) is 5.82 Å². The second-order valence-electron chi connectivity index (χ2n) is 6.88. The van der Waals surface area contributed by atoms with Crippen molar-refractivity contribution in [2.75, 3.05) is 31.1 Å². The molecule has 0 bridgehead atoms. The summed E-state index contributed by atoms with van der Waals surface area (Å²) in [5, 5.41) is 3.10. The Morgan fingerprint density at radius 2 is 1.71 bits per heavy atom. The molecule has 1 fully saturated rings. The van der Waals surface area contributed by atoms with Crippen molar-refractivity contribution >= 4 is 22.4 Å². The summed E-state index contributed by atoms with van der Waals surface area (Å²) in [6.07, 6.45) is 1.10. The summed E-state index contributed by atoms with van der Waals surface area (Å²) in [6.45, 7) is 3.01. The summed E-state index contributed by atoms with van der Waals surface area (Å²) in [7, 11) is 0. The Balaban J connectivity index is 1.29. The molecule has 2 heterocycles. The average molecular weight is 396 g/mol. The van der Waals surface area contributed by atoms with Crippen LogP contribution in [0.1, 0.15) is 12.0 Å². The predicted octanol–water partition coefficient (Wildman–Crippen LogP) is 4.23. The number of anilines is 1. The highest BCUT2D eigenvalue weighted by atomic mass is 32.1. The van der Waals surface area contributed by atoms with E-state index in [0.29, 0.717) is 25.9 Å². The van der Waals surface area contributed by atoms with Crippen molar-refractivity contribution in [1.29, 1.82) is 0 Å². The van der Waals surface area contributed by atoms with Crippen molar-refractivity contribution < 1.29 is 9.18 Å². The zero-order chi connectivity index (χ0) is 19.3. The molecule has 0 spiro atoms. The van der Waals surface area contributed by atoms with E-state index in [-0.39, 0.29) is 11.7 Å². The molecule has 0 radical (unpaired) electrons. The molecule has 0 aliphatic carbocycles. The molecule has 0 saturated carbocycles. The third kappa shape index (κ3) is 4.39. The van der Waals surface area contributed by atoms with Gasteiger partial charge in [0, 0.05) is 43.5 Å². The normalized spacial score (nSPS) is 14.3. The monoisotopic (exact) mass is 395 g/mol. The van der Waals surface area contributed by atoms with E-state index in [0.717, 1.165) is 35.0 Å². The van der Waals surface area contributed by atoms with Crippen LogP contribution < -0.4 is 4.90 Å². The van der Waals surface area contributed by atoms with E-state index in [4.69, 9.17) is 4.98 Å². The second-order valence-corrected chi connectivity index (χ2v) is 7.71. The average Bonchev–Trinajstić information content (AvgIpc) is 3.24. The van der Waals surface area contributed by atoms with Crippen LogP contribution in [0.2, 0.25) is 0 Å². The van der Waals surface area contributed by atoms with Crippen molar-refractivity contribution in [2.24, 2.45) is 0 Å². The largest absolute Gasteiger partial charge is 0.345 e. The lowest BCUT2D eigenvalue weighted by molar-refractivity contribution is -0.131. The molecule has 144 valence electrons. The maximum absolute atomic E-state index is 13.0. The van der Waals surface area contributed by atoms with Crippen LogP contribution in [0.25, 0.3) is 11.3 Å². The molecule has 1 aromatic heterocycles. The van der Waals surface area contributed by atoms with Crippen molar-refractivity contribution in [3.05, 3.63) is 71.4 Å². The number of aryl methyl sites for hydroxylation is 1. The lowest BCUT2D eigenvalue weighted by Crippen LogP contribution is -2.48. The van der Waals surface area contributed by atoms with Crippen molar-refractivity contribution in [3.63, 3.8) is 0 Å². The van der Waals surface area contributed by atoms with Gasteiger partial charge in [-0.2, -0.15) is 0 Å². The summed E-state index contributed by atoms with van der Waals surface area (Å²) in [4.78, 5) is 21.4. The highest BCUT2D eigenvalue weighted by Gasteiger charge is 2.22. The molecule has 3 aromatic rings. The Labute approximate surface area is 168 Å². The maximum Gasteiger partial charge on any atom is 0.223 e. The number of carbonyl (C=O) groups is 1. The van der Waals surface area contributed by atoms with Gasteiger partial charge in [0.05, 0.1) is 5.69 Å². The second kappa shape index (κ2) is 8.52. The number of thiazole rings is 1. The van der Waals surface area contributed by atoms with Crippen molar-refractivity contribution in [3.8, 4) is 11.3 Å². The number of hydrogen-bond acceptors (Lipinski definition) is 4. The number of piperazine rings is 1. The molecule has 1 saturated heterocycles. The third-order valence-electron chi connectivity index (χ3n) is 5.01. The molecule has 0 unspecified atom stereocenters. The Morgan fingerprint density at radius 1 is 1.00 bits per heavy atom. The molecule has 28 heavy (non-hydrogen) atoms. The zero-order valence-corrected chi connectivity index (χ0v) is 16.4. The Hall–Kier alpha value is -2.73. The Morgan fingerprint density at radius 3 is 2.43 bits per heavy atom. The van der Waals surface area contributed by atoms with Gasteiger partial charge in [-0.25, -0.2) is 9.37 Å². The highest BCUT2D eigenvalue weighted by molar-refractivity contribution is 7.14. The number of rotatable bonds is 5. The van der Waals surface area contributed by atoms with Crippen LogP contribution in [-0.2, 0) is 11.2 Å². The Kier molecular flexibility index (Phi) is 5.67. The number of carbonyl (C=O) groups excluding carboxylic acids is 1. The fraction of sp³-hybridized carbons (Fsp3) is 0.273. The molecule has 4 nitrogen and oxygen atoms in total. The highest BCUT2D eigenvalue weighted by Crippen LogP contribution is 2.28. The number of amides is 1. The fourth-order valence-corrected chi connectivity index (χ4v) is 4.25. The molecule has 1 amide bonds. The van der Waals surface area contributed by atoms with Crippen molar-refractivity contribution in [2.45, 2.75) is 12.8 Å². The van der Waals surface area contributed by atoms with Gasteiger partial charge >= 0.3 is 0 Å². The van der Waals surface area contributed by atoms with E-state index in [1.807, 2.05) is 23.1 Å². The quantitative estimate of drug-likeness (QED) is 0.649. The number of benzene rings is 2. The lowest BCUT2D eigenvalue weighted by atomic mass is 10.1. The Bertz CT molecular complexity index is 918. The number of hydrogen-bond donors (Lipinski definition) is 0. The van der Waals surface area contributed by atoms with Gasteiger partial charge in [0.15, 0.2) is 5.13 Å². The molecular formula is C22H22FN3OS. The first-order valence-corrected chi connectivity index (χ1v) is 10.3.